The van der Waals surface area contributed by atoms with E-state index in [4.69, 9.17) is 4.74 Å². The highest BCUT2D eigenvalue weighted by Crippen LogP contribution is 2.20. The van der Waals surface area contributed by atoms with E-state index < -0.39 is 11.8 Å². The standard InChI is InChI=1S/C14H10FN3O2/c1-9-3-2-4-11(13(9)15)20-14(19)10-5-6-12-17-16-8-18(12)7-10/h2-8H,1H3. The SMILES string of the molecule is Cc1cccc(OC(=O)c2ccc3nncn3c2)c1F. The van der Waals surface area contributed by atoms with Crippen LogP contribution in [0.2, 0.25) is 0 Å². The van der Waals surface area contributed by atoms with Crippen LogP contribution in [-0.2, 0) is 0 Å². The van der Waals surface area contributed by atoms with Crippen molar-refractivity contribution in [2.75, 3.05) is 0 Å². The zero-order valence-corrected chi connectivity index (χ0v) is 10.6. The lowest BCUT2D eigenvalue weighted by atomic mass is 10.2. The molecule has 100 valence electrons. The molecule has 2 heterocycles. The fraction of sp³-hybridized carbons (Fsp3) is 0.0714. The molecule has 3 rings (SSSR count). The molecular formula is C14H10FN3O2. The highest BCUT2D eigenvalue weighted by molar-refractivity contribution is 5.91. The smallest absolute Gasteiger partial charge is 0.345 e. The van der Waals surface area contributed by atoms with Crippen molar-refractivity contribution in [2.24, 2.45) is 0 Å². The molecule has 0 fully saturated rings. The third kappa shape index (κ3) is 2.11. The van der Waals surface area contributed by atoms with Gasteiger partial charge in [0.2, 0.25) is 0 Å². The molecule has 0 atom stereocenters. The summed E-state index contributed by atoms with van der Waals surface area (Å²) in [7, 11) is 0. The van der Waals surface area contributed by atoms with E-state index in [1.807, 2.05) is 0 Å². The van der Waals surface area contributed by atoms with Gasteiger partial charge in [-0.05, 0) is 30.7 Å². The summed E-state index contributed by atoms with van der Waals surface area (Å²) < 4.78 is 20.4. The Morgan fingerprint density at radius 2 is 2.15 bits per heavy atom. The number of halogens is 1. The fourth-order valence-corrected chi connectivity index (χ4v) is 1.81. The highest BCUT2D eigenvalue weighted by Gasteiger charge is 2.13. The number of ether oxygens (including phenoxy) is 1. The summed E-state index contributed by atoms with van der Waals surface area (Å²) in [5.41, 5.74) is 1.33. The van der Waals surface area contributed by atoms with Gasteiger partial charge in [0.15, 0.2) is 17.2 Å². The molecule has 0 saturated heterocycles. The maximum atomic E-state index is 13.8. The predicted molar refractivity (Wildman–Crippen MR) is 69.1 cm³/mol. The fourth-order valence-electron chi connectivity index (χ4n) is 1.81. The van der Waals surface area contributed by atoms with Crippen molar-refractivity contribution in [1.82, 2.24) is 14.6 Å². The van der Waals surface area contributed by atoms with Gasteiger partial charge in [0, 0.05) is 6.20 Å². The van der Waals surface area contributed by atoms with E-state index in [-0.39, 0.29) is 5.75 Å². The molecule has 0 unspecified atom stereocenters. The van der Waals surface area contributed by atoms with Crippen LogP contribution in [0.4, 0.5) is 4.39 Å². The van der Waals surface area contributed by atoms with Crippen molar-refractivity contribution in [2.45, 2.75) is 6.92 Å². The molecule has 0 amide bonds. The van der Waals surface area contributed by atoms with Crippen LogP contribution in [0.3, 0.4) is 0 Å². The third-order valence-electron chi connectivity index (χ3n) is 2.89. The van der Waals surface area contributed by atoms with Gasteiger partial charge in [0.1, 0.15) is 6.33 Å². The summed E-state index contributed by atoms with van der Waals surface area (Å²) in [6.07, 6.45) is 3.00. The van der Waals surface area contributed by atoms with Gasteiger partial charge in [0.25, 0.3) is 0 Å². The van der Waals surface area contributed by atoms with Gasteiger partial charge >= 0.3 is 5.97 Å². The quantitative estimate of drug-likeness (QED) is 0.530. The molecule has 5 nitrogen and oxygen atoms in total. The zero-order chi connectivity index (χ0) is 14.1. The zero-order valence-electron chi connectivity index (χ0n) is 10.6. The first kappa shape index (κ1) is 12.3. The van der Waals surface area contributed by atoms with E-state index >= 15 is 0 Å². The van der Waals surface area contributed by atoms with Crippen molar-refractivity contribution in [3.05, 3.63) is 59.8 Å². The number of benzene rings is 1. The summed E-state index contributed by atoms with van der Waals surface area (Å²) in [6, 6.07) is 7.84. The number of carbonyl (C=O) groups is 1. The number of esters is 1. The number of nitrogens with zero attached hydrogens (tertiary/aromatic N) is 3. The minimum absolute atomic E-state index is 0.0844. The van der Waals surface area contributed by atoms with Crippen molar-refractivity contribution >= 4 is 11.6 Å². The van der Waals surface area contributed by atoms with Crippen LogP contribution in [0.5, 0.6) is 5.75 Å². The maximum Gasteiger partial charge on any atom is 0.345 e. The highest BCUT2D eigenvalue weighted by atomic mass is 19.1. The number of pyridine rings is 1. The minimum Gasteiger partial charge on any atom is -0.420 e. The monoisotopic (exact) mass is 271 g/mol. The summed E-state index contributed by atoms with van der Waals surface area (Å²) in [4.78, 5) is 12.0. The Morgan fingerprint density at radius 3 is 3.00 bits per heavy atom. The van der Waals surface area contributed by atoms with E-state index in [9.17, 15) is 9.18 Å². The maximum absolute atomic E-state index is 13.8. The van der Waals surface area contributed by atoms with E-state index in [1.54, 1.807) is 35.6 Å². The number of aryl methyl sites for hydroxylation is 1. The van der Waals surface area contributed by atoms with Crippen LogP contribution in [-0.4, -0.2) is 20.6 Å². The lowest BCUT2D eigenvalue weighted by molar-refractivity contribution is 0.0727. The molecular weight excluding hydrogens is 261 g/mol. The Labute approximate surface area is 113 Å². The first-order chi connectivity index (χ1) is 9.65. The molecule has 6 heteroatoms. The van der Waals surface area contributed by atoms with E-state index in [0.29, 0.717) is 16.8 Å². The van der Waals surface area contributed by atoms with Crippen LogP contribution in [0.15, 0.2) is 42.9 Å². The van der Waals surface area contributed by atoms with Crippen molar-refractivity contribution in [3.63, 3.8) is 0 Å². The third-order valence-corrected chi connectivity index (χ3v) is 2.89. The second kappa shape index (κ2) is 4.73. The van der Waals surface area contributed by atoms with Gasteiger partial charge in [0.05, 0.1) is 5.56 Å². The molecule has 0 saturated carbocycles. The van der Waals surface area contributed by atoms with E-state index in [2.05, 4.69) is 10.2 Å². The van der Waals surface area contributed by atoms with Gasteiger partial charge < -0.3 is 4.74 Å². The van der Waals surface area contributed by atoms with Crippen LogP contribution >= 0.6 is 0 Å². The summed E-state index contributed by atoms with van der Waals surface area (Å²) >= 11 is 0. The van der Waals surface area contributed by atoms with Crippen molar-refractivity contribution in [3.8, 4) is 5.75 Å². The predicted octanol–water partition coefficient (Wildman–Crippen LogP) is 2.40. The molecule has 0 radical (unpaired) electrons. The van der Waals surface area contributed by atoms with Crippen LogP contribution < -0.4 is 4.74 Å². The van der Waals surface area contributed by atoms with Crippen LogP contribution in [0.1, 0.15) is 15.9 Å². The summed E-state index contributed by atoms with van der Waals surface area (Å²) in [5.74, 6) is -1.25. The second-order valence-corrected chi connectivity index (χ2v) is 4.29. The van der Waals surface area contributed by atoms with Gasteiger partial charge in [-0.25, -0.2) is 9.18 Å². The van der Waals surface area contributed by atoms with Gasteiger partial charge in [-0.2, -0.15) is 0 Å². The average Bonchev–Trinajstić information content (AvgIpc) is 2.91. The van der Waals surface area contributed by atoms with E-state index in [1.165, 1.54) is 18.6 Å². The van der Waals surface area contributed by atoms with Gasteiger partial charge in [-0.1, -0.05) is 12.1 Å². The molecule has 3 aromatic rings. The molecule has 20 heavy (non-hydrogen) atoms. The molecule has 0 N–H and O–H groups in total. The van der Waals surface area contributed by atoms with Gasteiger partial charge in [-0.15, -0.1) is 10.2 Å². The lowest BCUT2D eigenvalue weighted by Gasteiger charge is -2.07. The van der Waals surface area contributed by atoms with E-state index in [0.717, 1.165) is 0 Å². The number of hydrogen-bond acceptors (Lipinski definition) is 4. The lowest BCUT2D eigenvalue weighted by Crippen LogP contribution is -2.10. The number of aromatic nitrogens is 3. The number of fused-ring (bicyclic) bond motifs is 1. The Morgan fingerprint density at radius 1 is 1.30 bits per heavy atom. The molecule has 0 bridgehead atoms. The number of hydrogen-bond donors (Lipinski definition) is 0. The molecule has 1 aromatic carbocycles. The Bertz CT molecular complexity index is 798. The Balaban J connectivity index is 1.90. The number of rotatable bonds is 2. The van der Waals surface area contributed by atoms with Crippen LogP contribution in [0.25, 0.3) is 5.65 Å². The van der Waals surface area contributed by atoms with Crippen molar-refractivity contribution < 1.29 is 13.9 Å². The van der Waals surface area contributed by atoms with Crippen molar-refractivity contribution in [1.29, 1.82) is 0 Å². The molecule has 2 aromatic heterocycles. The molecule has 0 aliphatic carbocycles. The van der Waals surface area contributed by atoms with Crippen LogP contribution in [0, 0.1) is 12.7 Å². The summed E-state index contributed by atoms with van der Waals surface area (Å²) in [5, 5.41) is 7.54. The molecule has 0 spiro atoms. The second-order valence-electron chi connectivity index (χ2n) is 4.29. The molecule has 0 aliphatic rings. The average molecular weight is 271 g/mol. The normalized spacial score (nSPS) is 10.7. The number of carbonyl (C=O) groups excluding carboxylic acids is 1. The molecule has 0 aliphatic heterocycles. The Kier molecular flexibility index (Phi) is 2.90. The largest absolute Gasteiger partial charge is 0.420 e. The van der Waals surface area contributed by atoms with Gasteiger partial charge in [-0.3, -0.25) is 4.40 Å². The first-order valence-electron chi connectivity index (χ1n) is 5.92. The topological polar surface area (TPSA) is 56.5 Å². The summed E-state index contributed by atoms with van der Waals surface area (Å²) in [6.45, 7) is 1.61. The first-order valence-corrected chi connectivity index (χ1v) is 5.92. The Hall–Kier alpha value is -2.76. The minimum atomic E-state index is -0.634.